The number of hydrogen-bond acceptors (Lipinski definition) is 7. The minimum Gasteiger partial charge on any atom is -0.489 e. The predicted octanol–water partition coefficient (Wildman–Crippen LogP) is 4.35. The van der Waals surface area contributed by atoms with Crippen LogP contribution < -0.4 is 19.7 Å². The van der Waals surface area contributed by atoms with Crippen molar-refractivity contribution in [3.05, 3.63) is 48.3 Å². The highest BCUT2D eigenvalue weighted by Crippen LogP contribution is 2.38. The van der Waals surface area contributed by atoms with E-state index in [4.69, 9.17) is 9.84 Å². The molecule has 1 aliphatic heterocycles. The third-order valence-electron chi connectivity index (χ3n) is 5.68. The Balaban J connectivity index is 0.000000476. The molecule has 0 radical (unpaired) electrons. The average molecular weight is 634 g/mol. The summed E-state index contributed by atoms with van der Waals surface area (Å²) in [6, 6.07) is 8.16. The van der Waals surface area contributed by atoms with Crippen LogP contribution in [-0.2, 0) is 19.6 Å². The first-order valence-electron chi connectivity index (χ1n) is 11.7. The number of benzene rings is 2. The number of halogens is 7. The van der Waals surface area contributed by atoms with Gasteiger partial charge in [-0.3, -0.25) is 14.4 Å². The molecule has 1 unspecified atom stereocenters. The second-order valence-electron chi connectivity index (χ2n) is 9.23. The molecule has 234 valence electrons. The quantitative estimate of drug-likeness (QED) is 0.417. The van der Waals surface area contributed by atoms with Gasteiger partial charge in [-0.25, -0.2) is 17.6 Å². The summed E-state index contributed by atoms with van der Waals surface area (Å²) in [5.74, 6) is -1.88. The molecule has 1 heterocycles. The summed E-state index contributed by atoms with van der Waals surface area (Å²) in [5.41, 5.74) is -5.98. The maximum Gasteiger partial charge on any atom is 0.427 e. The van der Waals surface area contributed by atoms with Crippen molar-refractivity contribution in [2.45, 2.75) is 49.2 Å². The summed E-state index contributed by atoms with van der Waals surface area (Å²) in [4.78, 5) is 22.2. The number of anilines is 2. The van der Waals surface area contributed by atoms with Gasteiger partial charge >= 0.3 is 18.4 Å². The van der Waals surface area contributed by atoms with E-state index in [1.807, 2.05) is 0 Å². The normalized spacial score (nSPS) is 15.2. The molecule has 0 spiro atoms. The Morgan fingerprint density at radius 2 is 1.55 bits per heavy atom. The van der Waals surface area contributed by atoms with E-state index < -0.39 is 51.4 Å². The van der Waals surface area contributed by atoms with Gasteiger partial charge in [0.2, 0.25) is 11.2 Å². The summed E-state index contributed by atoms with van der Waals surface area (Å²) in [6.45, 7) is 1.77. The van der Waals surface area contributed by atoms with Crippen molar-refractivity contribution >= 4 is 33.4 Å². The molecule has 0 saturated heterocycles. The Kier molecular flexibility index (Phi) is 10.00. The van der Waals surface area contributed by atoms with E-state index in [1.54, 1.807) is 5.32 Å². The second kappa shape index (κ2) is 12.2. The summed E-state index contributed by atoms with van der Waals surface area (Å²) >= 11 is 0. The number of hydrogen-bond donors (Lipinski definition) is 3. The van der Waals surface area contributed by atoms with Gasteiger partial charge in [0.25, 0.3) is 15.9 Å². The van der Waals surface area contributed by atoms with Crippen molar-refractivity contribution in [1.82, 2.24) is 5.32 Å². The third kappa shape index (κ3) is 7.72. The number of likely N-dealkylation sites (N-methyl/N-ethyl adjacent to an activating group) is 1. The smallest absolute Gasteiger partial charge is 0.427 e. The lowest BCUT2D eigenvalue weighted by atomic mass is 10.1. The van der Waals surface area contributed by atoms with E-state index in [0.717, 1.165) is 35.6 Å². The second-order valence-corrected chi connectivity index (χ2v) is 11.1. The van der Waals surface area contributed by atoms with E-state index >= 15 is 0 Å². The average Bonchev–Trinajstić information content (AvgIpc) is 2.86. The monoisotopic (exact) mass is 633 g/mol. The first-order chi connectivity index (χ1) is 19.0. The molecule has 1 atom stereocenters. The van der Waals surface area contributed by atoms with Crippen LogP contribution in [0.15, 0.2) is 47.4 Å². The maximum atomic E-state index is 13.2. The van der Waals surface area contributed by atoms with Gasteiger partial charge in [0.1, 0.15) is 18.2 Å². The first-order valence-corrected chi connectivity index (χ1v) is 13.1. The summed E-state index contributed by atoms with van der Waals surface area (Å²) in [7, 11) is -3.08. The zero-order valence-electron chi connectivity index (χ0n) is 22.4. The summed E-state index contributed by atoms with van der Waals surface area (Å²) in [6.07, 6.45) is -11.1. The highest BCUT2D eigenvalue weighted by atomic mass is 32.2. The molecule has 0 bridgehead atoms. The van der Waals surface area contributed by atoms with E-state index in [1.165, 1.54) is 18.2 Å². The molecule has 2 aromatic carbocycles. The minimum atomic E-state index is -4.94. The van der Waals surface area contributed by atoms with Crippen LogP contribution in [0.1, 0.15) is 20.8 Å². The number of amides is 2. The van der Waals surface area contributed by atoms with Crippen LogP contribution >= 0.6 is 0 Å². The molecule has 10 nitrogen and oxygen atoms in total. The number of carbonyl (C=O) groups is 2. The highest BCUT2D eigenvalue weighted by Gasteiger charge is 2.55. The lowest BCUT2D eigenvalue weighted by molar-refractivity contribution is -0.245. The van der Waals surface area contributed by atoms with Gasteiger partial charge < -0.3 is 19.9 Å². The van der Waals surface area contributed by atoms with Crippen molar-refractivity contribution in [3.8, 4) is 5.75 Å². The number of alkyl halides is 6. The van der Waals surface area contributed by atoms with Gasteiger partial charge in [0.15, 0.2) is 0 Å². The molecule has 1 aliphatic rings. The SMILES string of the molecule is CC(C)(OC(=O)Nc1ccc2c(c1)N(S(=O)(=O)c1ccc(F)cc1)CCO2)C(F)(F)F.CNC(=O)C(C)(O)C(F)(F)F. The van der Waals surface area contributed by atoms with Gasteiger partial charge in [-0.1, -0.05) is 0 Å². The number of ether oxygens (including phenoxy) is 2. The number of nitrogens with zero attached hydrogens (tertiary/aromatic N) is 1. The zero-order chi connectivity index (χ0) is 32.3. The molecule has 42 heavy (non-hydrogen) atoms. The van der Waals surface area contributed by atoms with Crippen LogP contribution in [0.5, 0.6) is 5.75 Å². The van der Waals surface area contributed by atoms with E-state index in [-0.39, 0.29) is 35.2 Å². The maximum absolute atomic E-state index is 13.2. The number of aliphatic hydroxyl groups is 1. The van der Waals surface area contributed by atoms with Crippen molar-refractivity contribution in [2.75, 3.05) is 29.8 Å². The van der Waals surface area contributed by atoms with Crippen LogP contribution in [0, 0.1) is 5.82 Å². The molecule has 3 N–H and O–H groups in total. The van der Waals surface area contributed by atoms with Gasteiger partial charge in [0, 0.05) is 12.7 Å². The minimum absolute atomic E-state index is 0.00784. The molecular formula is C24H26F7N3O7S. The topological polar surface area (TPSA) is 134 Å². The van der Waals surface area contributed by atoms with Crippen LogP contribution in [0.25, 0.3) is 0 Å². The van der Waals surface area contributed by atoms with Crippen molar-refractivity contribution in [1.29, 1.82) is 0 Å². The largest absolute Gasteiger partial charge is 0.489 e. The Labute approximate surface area is 235 Å². The van der Waals surface area contributed by atoms with E-state index in [0.29, 0.717) is 20.8 Å². The molecule has 2 amide bonds. The lowest BCUT2D eigenvalue weighted by Gasteiger charge is -2.31. The van der Waals surface area contributed by atoms with Crippen molar-refractivity contribution in [3.63, 3.8) is 0 Å². The Morgan fingerprint density at radius 3 is 2.02 bits per heavy atom. The number of sulfonamides is 1. The van der Waals surface area contributed by atoms with Crippen molar-refractivity contribution in [2.24, 2.45) is 0 Å². The fraction of sp³-hybridized carbons (Fsp3) is 0.417. The Morgan fingerprint density at radius 1 is 0.976 bits per heavy atom. The van der Waals surface area contributed by atoms with Crippen LogP contribution in [-0.4, -0.2) is 69.3 Å². The first kappa shape index (κ1) is 34.4. The Hall–Kier alpha value is -3.80. The molecule has 2 aromatic rings. The van der Waals surface area contributed by atoms with Gasteiger partial charge in [-0.15, -0.1) is 0 Å². The number of rotatable bonds is 5. The number of nitrogens with one attached hydrogen (secondary N) is 2. The van der Waals surface area contributed by atoms with Gasteiger partial charge in [-0.2, -0.15) is 26.3 Å². The highest BCUT2D eigenvalue weighted by molar-refractivity contribution is 7.92. The van der Waals surface area contributed by atoms with Crippen LogP contribution in [0.3, 0.4) is 0 Å². The summed E-state index contributed by atoms with van der Waals surface area (Å²) < 4.78 is 124. The molecule has 0 aromatic heterocycles. The van der Waals surface area contributed by atoms with E-state index in [9.17, 15) is 48.7 Å². The lowest BCUT2D eigenvalue weighted by Crippen LogP contribution is -2.53. The summed E-state index contributed by atoms with van der Waals surface area (Å²) in [5, 5.41) is 12.4. The number of carbonyl (C=O) groups excluding carboxylic acids is 2. The van der Waals surface area contributed by atoms with Crippen molar-refractivity contribution < 1.29 is 63.3 Å². The fourth-order valence-electron chi connectivity index (χ4n) is 3.06. The molecule has 0 fully saturated rings. The van der Waals surface area contributed by atoms with Gasteiger partial charge in [-0.05, 0) is 63.2 Å². The Bertz CT molecular complexity index is 1390. The molecule has 18 heteroatoms. The van der Waals surface area contributed by atoms with Crippen LogP contribution in [0.4, 0.5) is 46.9 Å². The van der Waals surface area contributed by atoms with Crippen LogP contribution in [0.2, 0.25) is 0 Å². The standard InChI is InChI=1S/C19H18F4N2O5S.C5H8F3NO2/c1-18(2,19(21,22)23)30-17(26)24-13-5-8-16-15(11-13)25(9-10-29-16)31(27,28)14-6-3-12(20)4-7-14;1-4(11,3(10)9-2)5(6,7)8/h3-8,11H,9-10H2,1-2H3,(H,24,26);11H,1-2H3,(H,9,10). The predicted molar refractivity (Wildman–Crippen MR) is 134 cm³/mol. The molecule has 0 aliphatic carbocycles. The number of fused-ring (bicyclic) bond motifs is 1. The molecule has 0 saturated carbocycles. The van der Waals surface area contributed by atoms with Gasteiger partial charge in [0.05, 0.1) is 17.1 Å². The molecule has 3 rings (SSSR count). The van der Waals surface area contributed by atoms with E-state index in [2.05, 4.69) is 10.1 Å². The fourth-order valence-corrected chi connectivity index (χ4v) is 4.51. The third-order valence-corrected chi connectivity index (χ3v) is 7.51. The zero-order valence-corrected chi connectivity index (χ0v) is 23.2. The molecular weight excluding hydrogens is 607 g/mol.